The molecule has 0 radical (unpaired) electrons. The van der Waals surface area contributed by atoms with Crippen molar-refractivity contribution in [3.63, 3.8) is 0 Å². The van der Waals surface area contributed by atoms with Gasteiger partial charge in [0.2, 0.25) is 0 Å². The van der Waals surface area contributed by atoms with Crippen LogP contribution in [0.3, 0.4) is 0 Å². The van der Waals surface area contributed by atoms with E-state index in [9.17, 15) is 5.11 Å². The fourth-order valence-corrected chi connectivity index (χ4v) is 1.85. The van der Waals surface area contributed by atoms with Gasteiger partial charge in [0.05, 0.1) is 6.10 Å². The minimum atomic E-state index is -0.649. The van der Waals surface area contributed by atoms with Crippen molar-refractivity contribution in [2.75, 3.05) is 7.11 Å². The Morgan fingerprint density at radius 2 is 2.07 bits per heavy atom. The summed E-state index contributed by atoms with van der Waals surface area (Å²) in [6, 6.07) is 7.32. The normalized spacial score (nSPS) is 14.9. The highest BCUT2D eigenvalue weighted by molar-refractivity contribution is 6.31. The van der Waals surface area contributed by atoms with Crippen LogP contribution in [0, 0.1) is 0 Å². The van der Waals surface area contributed by atoms with Crippen LogP contribution in [0.1, 0.15) is 31.4 Å². The topological polar surface area (TPSA) is 29.5 Å². The monoisotopic (exact) mass is 228 g/mol. The number of hydrogen-bond acceptors (Lipinski definition) is 2. The Morgan fingerprint density at radius 1 is 1.40 bits per heavy atom. The Bertz CT molecular complexity index is 301. The lowest BCUT2D eigenvalue weighted by atomic mass is 10.0. The minimum Gasteiger partial charge on any atom is -0.386 e. The van der Waals surface area contributed by atoms with Crippen molar-refractivity contribution in [1.82, 2.24) is 0 Å². The summed E-state index contributed by atoms with van der Waals surface area (Å²) in [6.45, 7) is 2.06. The Kier molecular flexibility index (Phi) is 5.09. The summed E-state index contributed by atoms with van der Waals surface area (Å²) in [4.78, 5) is 0. The van der Waals surface area contributed by atoms with Crippen LogP contribution in [-0.2, 0) is 4.74 Å². The van der Waals surface area contributed by atoms with Gasteiger partial charge in [-0.2, -0.15) is 0 Å². The summed E-state index contributed by atoms with van der Waals surface area (Å²) in [7, 11) is 1.61. The fraction of sp³-hybridized carbons (Fsp3) is 0.500. The van der Waals surface area contributed by atoms with Gasteiger partial charge in [0.25, 0.3) is 0 Å². The largest absolute Gasteiger partial charge is 0.386 e. The number of aliphatic hydroxyl groups is 1. The maximum absolute atomic E-state index is 10.1. The molecular formula is C12H17ClO2. The van der Waals surface area contributed by atoms with Gasteiger partial charge in [-0.1, -0.05) is 43.1 Å². The van der Waals surface area contributed by atoms with E-state index in [1.165, 1.54) is 0 Å². The Morgan fingerprint density at radius 3 is 2.60 bits per heavy atom. The summed E-state index contributed by atoms with van der Waals surface area (Å²) in [6.07, 6.45) is 0.960. The third kappa shape index (κ3) is 3.20. The van der Waals surface area contributed by atoms with Gasteiger partial charge in [0.15, 0.2) is 0 Å². The molecule has 0 aliphatic carbocycles. The van der Waals surface area contributed by atoms with Gasteiger partial charge in [-0.25, -0.2) is 0 Å². The molecule has 0 spiro atoms. The molecule has 1 aromatic rings. The molecular weight excluding hydrogens is 212 g/mol. The number of benzene rings is 1. The maximum atomic E-state index is 10.1. The molecule has 3 heteroatoms. The van der Waals surface area contributed by atoms with Crippen molar-refractivity contribution in [3.8, 4) is 0 Å². The summed E-state index contributed by atoms with van der Waals surface area (Å²) in [5.74, 6) is 0. The van der Waals surface area contributed by atoms with Crippen LogP contribution in [-0.4, -0.2) is 18.3 Å². The molecule has 0 heterocycles. The molecule has 84 valence electrons. The van der Waals surface area contributed by atoms with E-state index in [-0.39, 0.29) is 6.10 Å². The van der Waals surface area contributed by atoms with E-state index in [2.05, 4.69) is 6.92 Å². The molecule has 0 aromatic heterocycles. The number of ether oxygens (including phenoxy) is 1. The number of methoxy groups -OCH3 is 1. The highest BCUT2D eigenvalue weighted by Gasteiger charge is 2.21. The second-order valence-corrected chi connectivity index (χ2v) is 3.94. The van der Waals surface area contributed by atoms with Crippen LogP contribution in [0.2, 0.25) is 5.02 Å². The molecule has 0 aliphatic rings. The molecule has 0 bridgehead atoms. The van der Waals surface area contributed by atoms with Crippen LogP contribution in [0.15, 0.2) is 24.3 Å². The first kappa shape index (κ1) is 12.5. The Labute approximate surface area is 95.8 Å². The first-order valence-electron chi connectivity index (χ1n) is 5.16. The van der Waals surface area contributed by atoms with Gasteiger partial charge in [-0.05, 0) is 12.5 Å². The van der Waals surface area contributed by atoms with E-state index in [1.807, 2.05) is 18.2 Å². The number of halogens is 1. The first-order valence-corrected chi connectivity index (χ1v) is 5.53. The Hall–Kier alpha value is -0.570. The van der Waals surface area contributed by atoms with Gasteiger partial charge < -0.3 is 9.84 Å². The molecule has 0 saturated heterocycles. The summed E-state index contributed by atoms with van der Waals surface area (Å²) < 4.78 is 5.25. The molecule has 2 nitrogen and oxygen atoms in total. The van der Waals surface area contributed by atoms with Gasteiger partial charge in [0.1, 0.15) is 6.10 Å². The number of aliphatic hydroxyl groups excluding tert-OH is 1. The highest BCUT2D eigenvalue weighted by Crippen LogP contribution is 2.27. The molecule has 0 saturated carbocycles. The molecule has 0 aliphatic heterocycles. The zero-order valence-corrected chi connectivity index (χ0v) is 9.87. The van der Waals surface area contributed by atoms with Crippen LogP contribution < -0.4 is 0 Å². The van der Waals surface area contributed by atoms with Crippen LogP contribution in [0.4, 0.5) is 0 Å². The molecule has 0 amide bonds. The van der Waals surface area contributed by atoms with Crippen LogP contribution >= 0.6 is 11.6 Å². The third-order valence-corrected chi connectivity index (χ3v) is 2.80. The zero-order chi connectivity index (χ0) is 11.3. The molecule has 1 rings (SSSR count). The lowest BCUT2D eigenvalue weighted by Gasteiger charge is -2.22. The lowest BCUT2D eigenvalue weighted by Crippen LogP contribution is -2.20. The standard InChI is InChI=1S/C12H17ClO2/c1-3-6-11(15-2)12(14)9-7-4-5-8-10(9)13/h4-5,7-8,11-12,14H,3,6H2,1-2H3. The molecule has 15 heavy (non-hydrogen) atoms. The Balaban J connectivity index is 2.82. The van der Waals surface area contributed by atoms with E-state index in [1.54, 1.807) is 13.2 Å². The van der Waals surface area contributed by atoms with E-state index in [0.29, 0.717) is 5.02 Å². The van der Waals surface area contributed by atoms with Gasteiger partial charge in [0, 0.05) is 17.7 Å². The predicted octanol–water partition coefficient (Wildman–Crippen LogP) is 3.19. The van der Waals surface area contributed by atoms with Crippen molar-refractivity contribution in [1.29, 1.82) is 0 Å². The maximum Gasteiger partial charge on any atom is 0.107 e. The third-order valence-electron chi connectivity index (χ3n) is 2.45. The lowest BCUT2D eigenvalue weighted by molar-refractivity contribution is -0.0179. The quantitative estimate of drug-likeness (QED) is 0.839. The van der Waals surface area contributed by atoms with Crippen LogP contribution in [0.5, 0.6) is 0 Å². The van der Waals surface area contributed by atoms with Crippen molar-refractivity contribution < 1.29 is 9.84 Å². The van der Waals surface area contributed by atoms with E-state index in [4.69, 9.17) is 16.3 Å². The van der Waals surface area contributed by atoms with Crippen molar-refractivity contribution in [2.24, 2.45) is 0 Å². The predicted molar refractivity (Wildman–Crippen MR) is 62.1 cm³/mol. The van der Waals surface area contributed by atoms with Crippen molar-refractivity contribution in [3.05, 3.63) is 34.9 Å². The highest BCUT2D eigenvalue weighted by atomic mass is 35.5. The van der Waals surface area contributed by atoms with Gasteiger partial charge in [-0.15, -0.1) is 0 Å². The summed E-state index contributed by atoms with van der Waals surface area (Å²) in [5.41, 5.74) is 0.736. The molecule has 1 aromatic carbocycles. The second-order valence-electron chi connectivity index (χ2n) is 3.53. The average Bonchev–Trinajstić information content (AvgIpc) is 2.25. The van der Waals surface area contributed by atoms with Crippen molar-refractivity contribution in [2.45, 2.75) is 32.0 Å². The summed E-state index contributed by atoms with van der Waals surface area (Å²) >= 11 is 6.00. The van der Waals surface area contributed by atoms with Crippen molar-refractivity contribution >= 4 is 11.6 Å². The zero-order valence-electron chi connectivity index (χ0n) is 9.11. The summed E-state index contributed by atoms with van der Waals surface area (Å²) in [5, 5.41) is 10.7. The van der Waals surface area contributed by atoms with E-state index < -0.39 is 6.10 Å². The van der Waals surface area contributed by atoms with Gasteiger partial charge in [-0.3, -0.25) is 0 Å². The second kappa shape index (κ2) is 6.11. The number of hydrogen-bond donors (Lipinski definition) is 1. The number of rotatable bonds is 5. The average molecular weight is 229 g/mol. The van der Waals surface area contributed by atoms with E-state index in [0.717, 1.165) is 18.4 Å². The van der Waals surface area contributed by atoms with E-state index >= 15 is 0 Å². The molecule has 1 N–H and O–H groups in total. The molecule has 2 atom stereocenters. The first-order chi connectivity index (χ1) is 7.20. The van der Waals surface area contributed by atoms with Crippen LogP contribution in [0.25, 0.3) is 0 Å². The molecule has 2 unspecified atom stereocenters. The fourth-order valence-electron chi connectivity index (χ4n) is 1.60. The minimum absolute atomic E-state index is 0.185. The van der Waals surface area contributed by atoms with Gasteiger partial charge >= 0.3 is 0 Å². The SMILES string of the molecule is CCCC(OC)C(O)c1ccccc1Cl. The smallest absolute Gasteiger partial charge is 0.107 e. The molecule has 0 fully saturated rings.